The molecular weight excluding hydrogens is 420 g/mol. The second-order valence-electron chi connectivity index (χ2n) is 6.57. The lowest BCUT2D eigenvalue weighted by Gasteiger charge is -2.29. The van der Waals surface area contributed by atoms with E-state index in [0.29, 0.717) is 28.6 Å². The number of anilines is 2. The molecule has 30 heavy (non-hydrogen) atoms. The maximum absolute atomic E-state index is 13.3. The SMILES string of the molecule is CCOc1ccc(N/C=C2/C(=O)c3sccc3N(Cc3ccccc3)S2(=O)=O)cc1. The molecule has 1 aliphatic rings. The van der Waals surface area contributed by atoms with Crippen molar-refractivity contribution in [2.75, 3.05) is 16.2 Å². The largest absolute Gasteiger partial charge is 0.494 e. The highest BCUT2D eigenvalue weighted by molar-refractivity contribution is 7.97. The molecule has 0 unspecified atom stereocenters. The second kappa shape index (κ2) is 8.33. The Labute approximate surface area is 179 Å². The molecule has 8 heteroatoms. The molecular formula is C22H20N2O4S2. The molecule has 0 bridgehead atoms. The number of nitrogens with zero attached hydrogens (tertiary/aromatic N) is 1. The summed E-state index contributed by atoms with van der Waals surface area (Å²) in [5, 5.41) is 4.67. The van der Waals surface area contributed by atoms with Crippen LogP contribution in [0.5, 0.6) is 5.75 Å². The number of hydrogen-bond acceptors (Lipinski definition) is 6. The molecule has 6 nitrogen and oxygen atoms in total. The van der Waals surface area contributed by atoms with Crippen molar-refractivity contribution in [3.63, 3.8) is 0 Å². The van der Waals surface area contributed by atoms with Crippen molar-refractivity contribution in [1.82, 2.24) is 0 Å². The Hall–Kier alpha value is -3.10. The zero-order valence-electron chi connectivity index (χ0n) is 16.2. The van der Waals surface area contributed by atoms with E-state index in [0.717, 1.165) is 5.56 Å². The van der Waals surface area contributed by atoms with Gasteiger partial charge in [-0.05, 0) is 48.2 Å². The van der Waals surface area contributed by atoms with Crippen LogP contribution in [0.15, 0.2) is 77.1 Å². The van der Waals surface area contributed by atoms with Gasteiger partial charge < -0.3 is 10.1 Å². The summed E-state index contributed by atoms with van der Waals surface area (Å²) in [5.41, 5.74) is 1.92. The van der Waals surface area contributed by atoms with Crippen LogP contribution in [0.2, 0.25) is 0 Å². The van der Waals surface area contributed by atoms with Gasteiger partial charge in [0.15, 0.2) is 4.91 Å². The molecule has 0 saturated heterocycles. The average Bonchev–Trinajstić information content (AvgIpc) is 3.23. The predicted molar refractivity (Wildman–Crippen MR) is 120 cm³/mol. The van der Waals surface area contributed by atoms with Crippen molar-refractivity contribution in [3.8, 4) is 5.75 Å². The summed E-state index contributed by atoms with van der Waals surface area (Å²) >= 11 is 1.24. The second-order valence-corrected chi connectivity index (χ2v) is 9.32. The smallest absolute Gasteiger partial charge is 0.270 e. The molecule has 3 aromatic rings. The minimum atomic E-state index is -4.02. The van der Waals surface area contributed by atoms with Crippen LogP contribution in [0.4, 0.5) is 11.4 Å². The molecule has 2 heterocycles. The van der Waals surface area contributed by atoms with Gasteiger partial charge in [0.25, 0.3) is 10.0 Å². The van der Waals surface area contributed by atoms with Crippen molar-refractivity contribution in [2.45, 2.75) is 13.5 Å². The third-order valence-corrected chi connectivity index (χ3v) is 7.28. The van der Waals surface area contributed by atoms with E-state index in [4.69, 9.17) is 4.74 Å². The van der Waals surface area contributed by atoms with Crippen LogP contribution in [-0.4, -0.2) is 20.8 Å². The predicted octanol–water partition coefficient (Wildman–Crippen LogP) is 4.63. The average molecular weight is 441 g/mol. The number of allylic oxidation sites excluding steroid dienone is 1. The van der Waals surface area contributed by atoms with Crippen LogP contribution in [-0.2, 0) is 16.6 Å². The zero-order valence-corrected chi connectivity index (χ0v) is 17.9. The lowest BCUT2D eigenvalue weighted by atomic mass is 10.2. The highest BCUT2D eigenvalue weighted by Crippen LogP contribution is 2.39. The molecule has 0 fully saturated rings. The lowest BCUT2D eigenvalue weighted by Crippen LogP contribution is -2.38. The zero-order chi connectivity index (χ0) is 21.1. The Morgan fingerprint density at radius 3 is 2.50 bits per heavy atom. The first kappa shape index (κ1) is 20.2. The number of ketones is 1. The van der Waals surface area contributed by atoms with Crippen molar-refractivity contribution < 1.29 is 17.9 Å². The van der Waals surface area contributed by atoms with Crippen molar-refractivity contribution in [2.24, 2.45) is 0 Å². The first-order chi connectivity index (χ1) is 14.5. The minimum absolute atomic E-state index is 0.153. The fourth-order valence-electron chi connectivity index (χ4n) is 3.17. The maximum atomic E-state index is 13.3. The number of nitrogens with one attached hydrogen (secondary N) is 1. The number of benzene rings is 2. The van der Waals surface area contributed by atoms with Gasteiger partial charge in [-0.1, -0.05) is 30.3 Å². The summed E-state index contributed by atoms with van der Waals surface area (Å²) in [4.78, 5) is 13.1. The molecule has 0 aliphatic carbocycles. The molecule has 0 atom stereocenters. The lowest BCUT2D eigenvalue weighted by molar-refractivity contribution is 0.104. The van der Waals surface area contributed by atoms with Gasteiger partial charge in [0.2, 0.25) is 5.78 Å². The Bertz CT molecular complexity index is 1180. The van der Waals surface area contributed by atoms with Crippen LogP contribution in [0.3, 0.4) is 0 Å². The van der Waals surface area contributed by atoms with Gasteiger partial charge in [0, 0.05) is 11.9 Å². The Morgan fingerprint density at radius 1 is 1.07 bits per heavy atom. The van der Waals surface area contributed by atoms with Gasteiger partial charge in [0.05, 0.1) is 18.8 Å². The molecule has 154 valence electrons. The molecule has 1 aliphatic heterocycles. The van der Waals surface area contributed by atoms with Gasteiger partial charge in [-0.2, -0.15) is 0 Å². The molecule has 1 N–H and O–H groups in total. The van der Waals surface area contributed by atoms with Gasteiger partial charge in [-0.15, -0.1) is 11.3 Å². The summed E-state index contributed by atoms with van der Waals surface area (Å²) in [7, 11) is -4.02. The van der Waals surface area contributed by atoms with Crippen LogP contribution in [0.25, 0.3) is 0 Å². The summed E-state index contributed by atoms with van der Waals surface area (Å²) in [6.07, 6.45) is 1.27. The molecule has 0 amide bonds. The van der Waals surface area contributed by atoms with E-state index in [1.54, 1.807) is 35.7 Å². The summed E-state index contributed by atoms with van der Waals surface area (Å²) in [6.45, 7) is 2.61. The fourth-order valence-corrected chi connectivity index (χ4v) is 5.65. The van der Waals surface area contributed by atoms with E-state index >= 15 is 0 Å². The normalized spacial score (nSPS) is 16.4. The standard InChI is InChI=1S/C22H20N2O4S2/c1-2-28-18-10-8-17(9-11-18)23-14-20-21(25)22-19(12-13-29-22)24(30(20,26)27)15-16-6-4-3-5-7-16/h3-14,23H,2,15H2,1H3/b20-14-. The fraction of sp³-hybridized carbons (Fsp3) is 0.136. The van der Waals surface area contributed by atoms with Gasteiger partial charge in [0.1, 0.15) is 10.6 Å². The molecule has 4 rings (SSSR count). The number of sulfonamides is 1. The van der Waals surface area contributed by atoms with Crippen molar-refractivity contribution in [3.05, 3.63) is 87.6 Å². The van der Waals surface area contributed by atoms with Crippen LogP contribution < -0.4 is 14.4 Å². The summed E-state index contributed by atoms with van der Waals surface area (Å²) in [6, 6.07) is 18.1. The number of carbonyl (C=O) groups is 1. The van der Waals surface area contributed by atoms with E-state index in [1.807, 2.05) is 37.3 Å². The van der Waals surface area contributed by atoms with Crippen molar-refractivity contribution in [1.29, 1.82) is 0 Å². The highest BCUT2D eigenvalue weighted by atomic mass is 32.2. The third kappa shape index (κ3) is 3.83. The summed E-state index contributed by atoms with van der Waals surface area (Å²) < 4.78 is 33.4. The molecule has 0 saturated carbocycles. The molecule has 1 aromatic heterocycles. The van der Waals surface area contributed by atoms with E-state index < -0.39 is 15.8 Å². The van der Waals surface area contributed by atoms with E-state index in [9.17, 15) is 13.2 Å². The van der Waals surface area contributed by atoms with Crippen LogP contribution >= 0.6 is 11.3 Å². The van der Waals surface area contributed by atoms with E-state index in [-0.39, 0.29) is 11.4 Å². The van der Waals surface area contributed by atoms with E-state index in [2.05, 4.69) is 5.32 Å². The Balaban J connectivity index is 1.67. The maximum Gasteiger partial charge on any atom is 0.270 e. The highest BCUT2D eigenvalue weighted by Gasteiger charge is 2.41. The Kier molecular flexibility index (Phi) is 5.61. The number of rotatable bonds is 6. The van der Waals surface area contributed by atoms with Gasteiger partial charge >= 0.3 is 0 Å². The van der Waals surface area contributed by atoms with Crippen LogP contribution in [0, 0.1) is 0 Å². The molecule has 0 spiro atoms. The number of Topliss-reactive ketones (excluding diaryl/α,β-unsaturated/α-hetero) is 1. The molecule has 2 aromatic carbocycles. The number of fused-ring (bicyclic) bond motifs is 1. The van der Waals surface area contributed by atoms with E-state index in [1.165, 1.54) is 21.8 Å². The Morgan fingerprint density at radius 2 is 1.80 bits per heavy atom. The summed E-state index contributed by atoms with van der Waals surface area (Å²) in [5.74, 6) is 0.220. The van der Waals surface area contributed by atoms with Crippen LogP contribution in [0.1, 0.15) is 22.2 Å². The van der Waals surface area contributed by atoms with Crippen molar-refractivity contribution >= 4 is 38.5 Å². The molecule has 0 radical (unpaired) electrons. The quantitative estimate of drug-likeness (QED) is 0.566. The van der Waals surface area contributed by atoms with Gasteiger partial charge in [-0.3, -0.25) is 9.10 Å². The topological polar surface area (TPSA) is 75.7 Å². The number of hydrogen-bond donors (Lipinski definition) is 1. The number of thiophene rings is 1. The number of ether oxygens (including phenoxy) is 1. The first-order valence-corrected chi connectivity index (χ1v) is 11.7. The number of carbonyl (C=O) groups excluding carboxylic acids is 1. The minimum Gasteiger partial charge on any atom is -0.494 e. The van der Waals surface area contributed by atoms with Gasteiger partial charge in [-0.25, -0.2) is 8.42 Å². The first-order valence-electron chi connectivity index (χ1n) is 9.39. The third-order valence-electron chi connectivity index (χ3n) is 4.62. The monoisotopic (exact) mass is 440 g/mol.